The zero-order valence-electron chi connectivity index (χ0n) is 6.31. The zero-order chi connectivity index (χ0) is 9.40. The highest BCUT2D eigenvalue weighted by Gasteiger charge is 1.78. The predicted molar refractivity (Wildman–Crippen MR) is 47.1 cm³/mol. The Morgan fingerprint density at radius 3 is 2.25 bits per heavy atom. The topological polar surface area (TPSA) is 155 Å². The number of guanidine groups is 2. The van der Waals surface area contributed by atoms with Gasteiger partial charge in [-0.15, -0.1) is 15.3 Å². The van der Waals surface area contributed by atoms with Gasteiger partial charge in [0, 0.05) is 5.10 Å². The molecule has 0 aromatic rings. The minimum atomic E-state index is -0.124. The van der Waals surface area contributed by atoms with Gasteiger partial charge in [0.1, 0.15) is 6.21 Å². The van der Waals surface area contributed by atoms with Crippen molar-refractivity contribution in [2.75, 3.05) is 0 Å². The maximum Gasteiger partial charge on any atom is 0.256 e. The lowest BCUT2D eigenvalue weighted by molar-refractivity contribution is -0.455. The summed E-state index contributed by atoms with van der Waals surface area (Å²) in [6.07, 6.45) is 2.64. The van der Waals surface area contributed by atoms with Crippen LogP contribution in [0.1, 0.15) is 0 Å². The third kappa shape index (κ3) is 7.88. The summed E-state index contributed by atoms with van der Waals surface area (Å²) in [6.45, 7) is 0. The Kier molecular flexibility index (Phi) is 4.65. The van der Waals surface area contributed by atoms with E-state index in [0.29, 0.717) is 0 Å². The quantitative estimate of drug-likeness (QED) is 0.165. The van der Waals surface area contributed by atoms with Gasteiger partial charge in [0.15, 0.2) is 0 Å². The predicted octanol–water partition coefficient (Wildman–Crippen LogP) is -4.41. The lowest BCUT2D eigenvalue weighted by Crippen LogP contribution is -2.64. The summed E-state index contributed by atoms with van der Waals surface area (Å²) < 4.78 is 0. The minimum Gasteiger partial charge on any atom is -0.369 e. The van der Waals surface area contributed by atoms with Crippen molar-refractivity contribution in [3.63, 3.8) is 0 Å². The van der Waals surface area contributed by atoms with Gasteiger partial charge in [-0.25, -0.2) is 0 Å². The molecule has 8 heteroatoms. The third-order valence-corrected chi connectivity index (χ3v) is 0.583. The number of hydrogen-bond donors (Lipinski definition) is 5. The van der Waals surface area contributed by atoms with Crippen molar-refractivity contribution in [2.24, 2.45) is 38.2 Å². The fourth-order valence-corrected chi connectivity index (χ4v) is 0.278. The highest BCUT2D eigenvalue weighted by atomic mass is 15.3. The van der Waals surface area contributed by atoms with Crippen LogP contribution in [-0.2, 0) is 0 Å². The van der Waals surface area contributed by atoms with Crippen LogP contribution in [0, 0.1) is 0 Å². The maximum atomic E-state index is 4.99. The van der Waals surface area contributed by atoms with Crippen LogP contribution in [-0.4, -0.2) is 24.3 Å². The molecule has 0 heterocycles. The molecule has 0 atom stereocenters. The number of nitrogens with two attached hydrogens (primary N) is 4. The molecule has 0 aliphatic heterocycles. The molecule has 0 aliphatic rings. The summed E-state index contributed by atoms with van der Waals surface area (Å²) in [4.78, 5) is 0. The first-order chi connectivity index (χ1) is 5.63. The van der Waals surface area contributed by atoms with E-state index in [4.69, 9.17) is 22.9 Å². The molecule has 66 valence electrons. The number of rotatable bonds is 3. The fourth-order valence-electron chi connectivity index (χ4n) is 0.278. The second-order valence-electron chi connectivity index (χ2n) is 1.62. The van der Waals surface area contributed by atoms with Crippen LogP contribution in [0.15, 0.2) is 15.3 Å². The van der Waals surface area contributed by atoms with Gasteiger partial charge in [-0.05, 0) is 0 Å². The average Bonchev–Trinajstić information content (AvgIpc) is 1.95. The standard InChI is InChI=1S/C4H10N8/c5-3(6)11-9-1-2-10-12-4(7)8/h1-2H,(H4,5,6,11)(H4,7,8,12)/p+1/b9-1+,10-2+. The molecule has 0 rings (SSSR count). The third-order valence-electron chi connectivity index (χ3n) is 0.583. The molecule has 8 nitrogen and oxygen atoms in total. The Hall–Kier alpha value is -2.12. The van der Waals surface area contributed by atoms with E-state index in [0.717, 1.165) is 0 Å². The van der Waals surface area contributed by atoms with Gasteiger partial charge in [-0.3, -0.25) is 0 Å². The van der Waals surface area contributed by atoms with E-state index in [9.17, 15) is 0 Å². The van der Waals surface area contributed by atoms with Crippen LogP contribution in [0.2, 0.25) is 0 Å². The summed E-state index contributed by atoms with van der Waals surface area (Å²) in [5, 5.41) is 12.5. The van der Waals surface area contributed by atoms with Crippen molar-refractivity contribution in [2.45, 2.75) is 0 Å². The van der Waals surface area contributed by atoms with Crippen molar-refractivity contribution in [1.82, 2.24) is 0 Å². The second-order valence-corrected chi connectivity index (χ2v) is 1.62. The van der Waals surface area contributed by atoms with Crippen LogP contribution in [0.25, 0.3) is 0 Å². The van der Waals surface area contributed by atoms with Crippen molar-refractivity contribution >= 4 is 24.3 Å². The number of hydrazone groups is 1. The molecule has 0 spiro atoms. The van der Waals surface area contributed by atoms with Crippen LogP contribution in [0.5, 0.6) is 0 Å². The molecule has 0 aromatic carbocycles. The molecular weight excluding hydrogens is 160 g/mol. The molecule has 9 N–H and O–H groups in total. The lowest BCUT2D eigenvalue weighted by Gasteiger charge is -1.79. The van der Waals surface area contributed by atoms with E-state index in [1.54, 1.807) is 0 Å². The number of hydrogen-bond acceptors (Lipinski definition) is 3. The van der Waals surface area contributed by atoms with E-state index in [-0.39, 0.29) is 11.9 Å². The summed E-state index contributed by atoms with van der Waals surface area (Å²) >= 11 is 0. The first-order valence-corrected chi connectivity index (χ1v) is 2.91. The van der Waals surface area contributed by atoms with E-state index in [2.05, 4.69) is 20.4 Å². The van der Waals surface area contributed by atoms with Gasteiger partial charge in [0.05, 0.1) is 0 Å². The molecule has 0 radical (unpaired) electrons. The molecule has 12 heavy (non-hydrogen) atoms. The monoisotopic (exact) mass is 171 g/mol. The van der Waals surface area contributed by atoms with E-state index in [1.807, 2.05) is 0 Å². The van der Waals surface area contributed by atoms with Crippen molar-refractivity contribution in [1.29, 1.82) is 0 Å². The number of nitrogens with one attached hydrogen (secondary N) is 1. The highest BCUT2D eigenvalue weighted by molar-refractivity contribution is 6.13. The molecule has 0 bridgehead atoms. The summed E-state index contributed by atoms with van der Waals surface area (Å²) in [5.74, 6) is -0.206. The largest absolute Gasteiger partial charge is 0.369 e. The Bertz CT molecular complexity index is 201. The fraction of sp³-hybridized carbons (Fsp3) is 0. The first kappa shape index (κ1) is 9.88. The normalized spacial score (nSPS) is 10.3. The van der Waals surface area contributed by atoms with Gasteiger partial charge in [0.2, 0.25) is 12.2 Å². The van der Waals surface area contributed by atoms with Crippen molar-refractivity contribution in [3.8, 4) is 0 Å². The summed E-state index contributed by atoms with van der Waals surface area (Å²) in [7, 11) is 0. The average molecular weight is 171 g/mol. The molecule has 0 aliphatic carbocycles. The molecule has 0 amide bonds. The van der Waals surface area contributed by atoms with Crippen LogP contribution in [0.4, 0.5) is 0 Å². The first-order valence-electron chi connectivity index (χ1n) is 2.91. The van der Waals surface area contributed by atoms with Crippen LogP contribution in [0.3, 0.4) is 0 Å². The molecular formula is C4H11N8+. The Morgan fingerprint density at radius 1 is 1.08 bits per heavy atom. The molecule has 0 unspecified atom stereocenters. The molecule has 0 fully saturated rings. The Balaban J connectivity index is 3.83. The van der Waals surface area contributed by atoms with E-state index >= 15 is 0 Å². The van der Waals surface area contributed by atoms with Gasteiger partial charge >= 0.3 is 0 Å². The van der Waals surface area contributed by atoms with Crippen LogP contribution >= 0.6 is 0 Å². The summed E-state index contributed by atoms with van der Waals surface area (Å²) in [6, 6.07) is 0. The van der Waals surface area contributed by atoms with Crippen molar-refractivity contribution in [3.05, 3.63) is 0 Å². The van der Waals surface area contributed by atoms with Crippen molar-refractivity contribution < 1.29 is 5.10 Å². The summed E-state index contributed by atoms with van der Waals surface area (Å²) in [5.41, 5.74) is 19.9. The highest BCUT2D eigenvalue weighted by Crippen LogP contribution is 1.61. The van der Waals surface area contributed by atoms with E-state index < -0.39 is 0 Å². The molecule has 0 aromatic heterocycles. The molecule has 0 saturated carbocycles. The smallest absolute Gasteiger partial charge is 0.256 e. The van der Waals surface area contributed by atoms with Crippen LogP contribution < -0.4 is 28.0 Å². The van der Waals surface area contributed by atoms with E-state index in [1.165, 1.54) is 12.4 Å². The molecule has 0 saturated heterocycles. The van der Waals surface area contributed by atoms with Gasteiger partial charge in [0.25, 0.3) is 5.96 Å². The Morgan fingerprint density at radius 2 is 1.75 bits per heavy atom. The number of nitrogens with zero attached hydrogens (tertiary/aromatic N) is 3. The Labute approximate surface area is 68.7 Å². The van der Waals surface area contributed by atoms with Gasteiger partial charge in [-0.1, -0.05) is 0 Å². The SMILES string of the molecule is NC(N)=N/N=C/C=[NH+]/N=C(N)N. The second kappa shape index (κ2) is 5.65. The van der Waals surface area contributed by atoms with Gasteiger partial charge < -0.3 is 22.9 Å². The van der Waals surface area contributed by atoms with Gasteiger partial charge in [-0.2, -0.15) is 0 Å². The minimum absolute atomic E-state index is 0.0820. The zero-order valence-corrected chi connectivity index (χ0v) is 6.31. The lowest BCUT2D eigenvalue weighted by atomic mass is 10.8. The maximum absolute atomic E-state index is 4.99.